The Morgan fingerprint density at radius 1 is 1.06 bits per heavy atom. The minimum Gasteiger partial charge on any atom is -0.480 e. The van der Waals surface area contributed by atoms with Crippen LogP contribution in [0.25, 0.3) is 11.3 Å². The van der Waals surface area contributed by atoms with Crippen molar-refractivity contribution in [3.63, 3.8) is 0 Å². The van der Waals surface area contributed by atoms with Gasteiger partial charge in [0.1, 0.15) is 24.2 Å². The van der Waals surface area contributed by atoms with Crippen molar-refractivity contribution in [3.8, 4) is 11.3 Å². The predicted molar refractivity (Wildman–Crippen MR) is 178 cm³/mol. The number of methoxy groups -OCH3 is 1. The molecule has 270 valence electrons. The summed E-state index contributed by atoms with van der Waals surface area (Å²) in [7, 11) is -0.385. The number of hydrogen-bond donors (Lipinski definition) is 3. The fourth-order valence-corrected chi connectivity index (χ4v) is 5.77. The minimum atomic E-state index is -5.47. The number of ether oxygens (including phenoxy) is 3. The van der Waals surface area contributed by atoms with E-state index in [4.69, 9.17) is 14.5 Å². The lowest BCUT2D eigenvalue weighted by molar-refractivity contribution is -0.171. The number of aryl methyl sites for hydroxylation is 1. The summed E-state index contributed by atoms with van der Waals surface area (Å²) in [5.74, 6) is -3.87. The van der Waals surface area contributed by atoms with Crippen LogP contribution >= 0.6 is 0 Å². The molecule has 0 unspecified atom stereocenters. The molecule has 0 fully saturated rings. The van der Waals surface area contributed by atoms with Crippen LogP contribution in [0.4, 0.5) is 34.1 Å². The maximum Gasteiger partial charge on any atom is 0.471 e. The number of hydrogen-bond acceptors (Lipinski definition) is 8. The average molecular weight is 712 g/mol. The molecule has 1 aliphatic rings. The second-order valence-electron chi connectivity index (χ2n) is 13.8. The lowest BCUT2D eigenvalue weighted by atomic mass is 9.99. The van der Waals surface area contributed by atoms with Gasteiger partial charge in [0.25, 0.3) is 0 Å². The van der Waals surface area contributed by atoms with Crippen LogP contribution in [0.1, 0.15) is 51.0 Å². The third-order valence-corrected chi connectivity index (χ3v) is 8.96. The van der Waals surface area contributed by atoms with E-state index < -0.39 is 68.1 Å². The molecule has 17 heteroatoms. The first-order valence-corrected chi connectivity index (χ1v) is 19.2. The summed E-state index contributed by atoms with van der Waals surface area (Å²) in [6.45, 7) is 13.5. The number of carbonyl (C=O) groups is 4. The predicted octanol–water partition coefficient (Wildman–Crippen LogP) is 6.61. The van der Waals surface area contributed by atoms with Crippen LogP contribution < -0.4 is 15.5 Å². The molecule has 2 heterocycles. The van der Waals surface area contributed by atoms with Gasteiger partial charge in [0.05, 0.1) is 24.5 Å². The molecule has 2 bridgehead atoms. The van der Waals surface area contributed by atoms with E-state index in [1.165, 1.54) is 31.3 Å². The number of carboxylic acid groups (broad SMARTS) is 1. The van der Waals surface area contributed by atoms with E-state index in [-0.39, 0.29) is 46.4 Å². The number of carboxylic acids is 1. The number of anilines is 2. The zero-order valence-corrected chi connectivity index (χ0v) is 29.9. The number of amides is 3. The normalized spacial score (nSPS) is 16.9. The fourth-order valence-electron chi connectivity index (χ4n) is 5.01. The summed E-state index contributed by atoms with van der Waals surface area (Å²) in [6.07, 6.45) is -3.35. The molecule has 1 aromatic heterocycles. The number of nitrogens with one attached hydrogen (secondary N) is 2. The molecule has 49 heavy (non-hydrogen) atoms. The monoisotopic (exact) mass is 711 g/mol. The molecular formula is C32H44F3N5O8Si. The van der Waals surface area contributed by atoms with Gasteiger partial charge in [0.2, 0.25) is 0 Å². The Morgan fingerprint density at radius 3 is 2.29 bits per heavy atom. The largest absolute Gasteiger partial charge is 0.480 e. The van der Waals surface area contributed by atoms with Crippen LogP contribution in [0, 0.1) is 6.92 Å². The summed E-state index contributed by atoms with van der Waals surface area (Å²) in [4.78, 5) is 55.6. The van der Waals surface area contributed by atoms with Crippen LogP contribution in [0.3, 0.4) is 0 Å². The Morgan fingerprint density at radius 2 is 1.71 bits per heavy atom. The molecule has 2 atom stereocenters. The van der Waals surface area contributed by atoms with E-state index in [0.717, 1.165) is 19.2 Å². The van der Waals surface area contributed by atoms with Crippen molar-refractivity contribution in [2.45, 2.75) is 96.8 Å². The van der Waals surface area contributed by atoms with Gasteiger partial charge < -0.3 is 29.2 Å². The number of carbonyl (C=O) groups excluding carboxylic acids is 3. The third kappa shape index (κ3) is 10.8. The number of benzene rings is 1. The molecule has 1 aromatic carbocycles. The Hall–Kier alpha value is -4.38. The van der Waals surface area contributed by atoms with Crippen LogP contribution in [-0.2, 0) is 30.5 Å². The van der Waals surface area contributed by atoms with Gasteiger partial charge in [-0.25, -0.2) is 19.4 Å². The van der Waals surface area contributed by atoms with Gasteiger partial charge in [-0.05, 0) is 64.3 Å². The summed E-state index contributed by atoms with van der Waals surface area (Å²) in [5.41, 5.74) is -1.07. The fraction of sp³-hybridized carbons (Fsp3) is 0.531. The van der Waals surface area contributed by atoms with Crippen molar-refractivity contribution in [1.82, 2.24) is 14.9 Å². The first-order valence-electron chi connectivity index (χ1n) is 15.5. The van der Waals surface area contributed by atoms with E-state index >= 15 is 0 Å². The molecule has 1 aliphatic heterocycles. The number of imidazole rings is 1. The highest BCUT2D eigenvalue weighted by atomic mass is 28.3. The van der Waals surface area contributed by atoms with Crippen molar-refractivity contribution in [2.24, 2.45) is 0 Å². The van der Waals surface area contributed by atoms with E-state index in [9.17, 15) is 37.5 Å². The number of fused-ring (bicyclic) bond motifs is 4. The summed E-state index contributed by atoms with van der Waals surface area (Å²) in [6, 6.07) is 0.455. The van der Waals surface area contributed by atoms with Crippen molar-refractivity contribution in [3.05, 3.63) is 41.9 Å². The zero-order chi connectivity index (χ0) is 36.9. The van der Waals surface area contributed by atoms with Gasteiger partial charge in [-0.3, -0.25) is 15.0 Å². The Kier molecular flexibility index (Phi) is 12.3. The lowest BCUT2D eigenvalue weighted by Gasteiger charge is -2.32. The maximum atomic E-state index is 14.2. The summed E-state index contributed by atoms with van der Waals surface area (Å²) < 4.78 is 60.2. The van der Waals surface area contributed by atoms with E-state index in [1.807, 2.05) is 0 Å². The van der Waals surface area contributed by atoms with Crippen LogP contribution in [0.5, 0.6) is 0 Å². The molecule has 3 rings (SSSR count). The molecule has 0 aliphatic carbocycles. The van der Waals surface area contributed by atoms with Gasteiger partial charge in [-0.2, -0.15) is 13.2 Å². The van der Waals surface area contributed by atoms with Gasteiger partial charge in [0.15, 0.2) is 0 Å². The van der Waals surface area contributed by atoms with E-state index in [0.29, 0.717) is 6.61 Å². The second kappa shape index (κ2) is 15.4. The number of alkyl carbamates (subject to hydrolysis) is 1. The molecular weight excluding hydrogens is 667 g/mol. The first-order chi connectivity index (χ1) is 22.6. The Bertz CT molecular complexity index is 1580. The van der Waals surface area contributed by atoms with Gasteiger partial charge in [0, 0.05) is 32.1 Å². The number of nitrogens with zero attached hydrogens (tertiary/aromatic N) is 3. The van der Waals surface area contributed by atoms with Gasteiger partial charge >= 0.3 is 30.2 Å². The smallest absolute Gasteiger partial charge is 0.471 e. The number of halogens is 3. The molecule has 0 saturated carbocycles. The summed E-state index contributed by atoms with van der Waals surface area (Å²) >= 11 is 0. The highest BCUT2D eigenvalue weighted by Crippen LogP contribution is 2.40. The molecule has 2 aromatic rings. The van der Waals surface area contributed by atoms with Crippen LogP contribution in [0.15, 0.2) is 30.5 Å². The zero-order valence-electron chi connectivity index (χ0n) is 28.9. The minimum absolute atomic E-state index is 0.0121. The molecule has 3 amide bonds. The molecule has 0 radical (unpaired) electrons. The van der Waals surface area contributed by atoms with E-state index in [2.05, 4.69) is 35.0 Å². The molecule has 13 nitrogen and oxygen atoms in total. The lowest BCUT2D eigenvalue weighted by Crippen LogP contribution is -2.51. The number of aliphatic carboxylic acids is 1. The number of rotatable bonds is 8. The van der Waals surface area contributed by atoms with Gasteiger partial charge in [-0.15, -0.1) is 0 Å². The quantitative estimate of drug-likeness (QED) is 0.155. The van der Waals surface area contributed by atoms with Crippen molar-refractivity contribution in [1.29, 1.82) is 0 Å². The second-order valence-corrected chi connectivity index (χ2v) is 19.4. The standard InChI is InChI=1S/C32H44F3N5O8Si/c1-19-15-20(36-29(44)46-5)16-24-25(19)22-17-39(18-47-13-14-49(6,7)8)26(37-22)21(38-30(45)48-31(2,3)4)11-9-10-12-23(27(41)42)40(24)28(43)32(33,34)35/h9-10,15-17,21,23H,11-14,18H2,1-8H3,(H,36,44)(H,38,45)(H,41,42)/t21-,23+/m0/s1. The average Bonchev–Trinajstić information content (AvgIpc) is 3.36. The SMILES string of the molecule is COC(=O)Nc1cc(C)c2c(c1)N(C(=O)C(F)(F)F)[C@@H](C(=O)O)CC=CC[C@H](NC(=O)OC(C)(C)C)c1nc-2cn1COCC[Si](C)(C)C. The van der Waals surface area contributed by atoms with Gasteiger partial charge in [-0.1, -0.05) is 31.8 Å². The Labute approximate surface area is 283 Å². The van der Waals surface area contributed by atoms with Crippen LogP contribution in [-0.4, -0.2) is 78.3 Å². The molecule has 0 spiro atoms. The summed E-state index contributed by atoms with van der Waals surface area (Å²) in [5, 5.41) is 15.4. The highest BCUT2D eigenvalue weighted by Gasteiger charge is 2.48. The van der Waals surface area contributed by atoms with Crippen LogP contribution in [0.2, 0.25) is 25.7 Å². The van der Waals surface area contributed by atoms with Crippen molar-refractivity contribution in [2.75, 3.05) is 23.9 Å². The number of aromatic nitrogens is 2. The third-order valence-electron chi connectivity index (χ3n) is 7.25. The van der Waals surface area contributed by atoms with Crippen molar-refractivity contribution >= 4 is 43.5 Å². The maximum absolute atomic E-state index is 14.2. The highest BCUT2D eigenvalue weighted by molar-refractivity contribution is 6.76. The van der Waals surface area contributed by atoms with E-state index in [1.54, 1.807) is 25.3 Å². The first kappa shape index (κ1) is 39.1. The topological polar surface area (TPSA) is 161 Å². The van der Waals surface area contributed by atoms with Crippen molar-refractivity contribution < 1.29 is 51.7 Å². The molecule has 3 N–H and O–H groups in total. The Balaban J connectivity index is 2.35. The molecule has 0 saturated heterocycles. The number of alkyl halides is 3.